The summed E-state index contributed by atoms with van der Waals surface area (Å²) >= 11 is 0. The van der Waals surface area contributed by atoms with Crippen molar-refractivity contribution in [3.63, 3.8) is 0 Å². The Morgan fingerprint density at radius 3 is 1.90 bits per heavy atom. The van der Waals surface area contributed by atoms with E-state index in [1.54, 1.807) is 18.2 Å². The molecule has 4 aromatic carbocycles. The highest BCUT2D eigenvalue weighted by atomic mass is 19.1. The lowest BCUT2D eigenvalue weighted by Crippen LogP contribution is -2.03. The third-order valence-corrected chi connectivity index (χ3v) is 6.71. The molecule has 0 radical (unpaired) electrons. The van der Waals surface area contributed by atoms with Gasteiger partial charge in [0.25, 0.3) is 0 Å². The molecule has 0 amide bonds. The number of aldehydes is 1. The average Bonchev–Trinajstić information content (AvgIpc) is 3.00. The largest absolute Gasteiger partial charge is 0.491 e. The van der Waals surface area contributed by atoms with Crippen LogP contribution in [0, 0.1) is 5.82 Å². The van der Waals surface area contributed by atoms with Crippen LogP contribution in [-0.4, -0.2) is 12.9 Å². The molecule has 5 heteroatoms. The Morgan fingerprint density at radius 2 is 1.27 bits per heavy atom. The molecule has 0 spiro atoms. The molecule has 0 aliphatic heterocycles. The molecule has 0 fully saturated rings. The van der Waals surface area contributed by atoms with Gasteiger partial charge in [-0.3, -0.25) is 4.79 Å². The van der Waals surface area contributed by atoms with Gasteiger partial charge in [0.2, 0.25) is 0 Å². The monoisotopic (exact) mass is 540 g/mol. The first kappa shape index (κ1) is 28.9. The lowest BCUT2D eigenvalue weighted by molar-refractivity contribution is 0.111. The molecule has 4 rings (SSSR count). The van der Waals surface area contributed by atoms with Gasteiger partial charge in [-0.05, 0) is 47.4 Å². The fraction of sp³-hybridized carbons (Fsp3) is 0.286. The zero-order chi connectivity index (χ0) is 28.0. The van der Waals surface area contributed by atoms with Gasteiger partial charge >= 0.3 is 0 Å². The summed E-state index contributed by atoms with van der Waals surface area (Å²) in [4.78, 5) is 12.0. The summed E-state index contributed by atoms with van der Waals surface area (Å²) < 4.78 is 33.1. The van der Waals surface area contributed by atoms with E-state index >= 15 is 4.39 Å². The zero-order valence-electron chi connectivity index (χ0n) is 23.1. The molecule has 0 aliphatic carbocycles. The highest BCUT2D eigenvalue weighted by molar-refractivity contribution is 5.85. The first-order chi connectivity index (χ1) is 19.7. The number of hydrogen-bond acceptors (Lipinski definition) is 4. The lowest BCUT2D eigenvalue weighted by Gasteiger charge is -2.17. The van der Waals surface area contributed by atoms with Crippen molar-refractivity contribution in [1.29, 1.82) is 0 Å². The normalized spacial score (nSPS) is 10.8. The molecular formula is C35H37FO4. The van der Waals surface area contributed by atoms with Crippen molar-refractivity contribution >= 4 is 6.29 Å². The minimum atomic E-state index is -0.441. The van der Waals surface area contributed by atoms with E-state index in [-0.39, 0.29) is 5.75 Å². The van der Waals surface area contributed by atoms with Crippen LogP contribution in [0.15, 0.2) is 91.0 Å². The second-order valence-electron chi connectivity index (χ2n) is 9.81. The van der Waals surface area contributed by atoms with Gasteiger partial charge < -0.3 is 14.2 Å². The van der Waals surface area contributed by atoms with Crippen LogP contribution in [0.4, 0.5) is 4.39 Å². The fourth-order valence-electron chi connectivity index (χ4n) is 4.46. The number of halogens is 1. The molecular weight excluding hydrogens is 503 g/mol. The Bertz CT molecular complexity index is 1340. The average molecular weight is 541 g/mol. The van der Waals surface area contributed by atoms with Crippen molar-refractivity contribution in [2.45, 2.75) is 58.7 Å². The quantitative estimate of drug-likeness (QED) is 0.105. The van der Waals surface area contributed by atoms with Crippen molar-refractivity contribution in [1.82, 2.24) is 0 Å². The van der Waals surface area contributed by atoms with Crippen molar-refractivity contribution < 1.29 is 23.4 Å². The second-order valence-corrected chi connectivity index (χ2v) is 9.81. The molecule has 0 aromatic heterocycles. The second kappa shape index (κ2) is 15.5. The number of unbranched alkanes of at least 4 members (excludes halogenated alkanes) is 5. The number of hydrogen-bond donors (Lipinski definition) is 0. The molecule has 0 N–H and O–H groups in total. The Hall–Kier alpha value is -4.12. The standard InChI is InChI=1S/C35H37FO4/c1-2-3-4-5-6-13-20-38-33-19-18-29(21-32(33)36)31-23-34(39-25-27-14-9-7-10-15-27)30(24-37)22-35(31)40-26-28-16-11-8-12-17-28/h7-12,14-19,21-24H,2-6,13,20,25-26H2,1H3. The number of ether oxygens (including phenoxy) is 3. The van der Waals surface area contributed by atoms with E-state index in [1.165, 1.54) is 31.7 Å². The summed E-state index contributed by atoms with van der Waals surface area (Å²) in [7, 11) is 0. The predicted octanol–water partition coefficient (Wildman–Crippen LogP) is 9.20. The Labute approximate surface area is 236 Å². The van der Waals surface area contributed by atoms with E-state index in [4.69, 9.17) is 14.2 Å². The number of carbonyl (C=O) groups is 1. The van der Waals surface area contributed by atoms with Crippen LogP contribution in [0.3, 0.4) is 0 Å². The van der Waals surface area contributed by atoms with Gasteiger partial charge in [-0.15, -0.1) is 0 Å². The lowest BCUT2D eigenvalue weighted by atomic mass is 10.0. The molecule has 40 heavy (non-hydrogen) atoms. The maximum Gasteiger partial charge on any atom is 0.165 e. The minimum Gasteiger partial charge on any atom is -0.491 e. The molecule has 208 valence electrons. The predicted molar refractivity (Wildman–Crippen MR) is 158 cm³/mol. The highest BCUT2D eigenvalue weighted by Gasteiger charge is 2.16. The minimum absolute atomic E-state index is 0.231. The molecule has 0 aliphatic rings. The van der Waals surface area contributed by atoms with Gasteiger partial charge in [0.1, 0.15) is 24.7 Å². The van der Waals surface area contributed by atoms with Crippen molar-refractivity contribution in [2.24, 2.45) is 0 Å². The molecule has 4 nitrogen and oxygen atoms in total. The summed E-state index contributed by atoms with van der Waals surface area (Å²) in [6.07, 6.45) is 7.60. The Balaban J connectivity index is 1.55. The van der Waals surface area contributed by atoms with Gasteiger partial charge in [0.15, 0.2) is 17.9 Å². The molecule has 0 saturated heterocycles. The van der Waals surface area contributed by atoms with E-state index < -0.39 is 5.82 Å². The van der Waals surface area contributed by atoms with Crippen LogP contribution in [0.1, 0.15) is 66.9 Å². The van der Waals surface area contributed by atoms with Crippen LogP contribution in [0.5, 0.6) is 17.2 Å². The zero-order valence-corrected chi connectivity index (χ0v) is 23.1. The maximum absolute atomic E-state index is 15.2. The topological polar surface area (TPSA) is 44.8 Å². The molecule has 0 bridgehead atoms. The van der Waals surface area contributed by atoms with Crippen molar-refractivity contribution in [2.75, 3.05) is 6.61 Å². The summed E-state index contributed by atoms with van der Waals surface area (Å²) in [5, 5.41) is 0. The highest BCUT2D eigenvalue weighted by Crippen LogP contribution is 2.38. The molecule has 0 heterocycles. The molecule has 0 unspecified atom stereocenters. The first-order valence-electron chi connectivity index (χ1n) is 14.1. The Morgan fingerprint density at radius 1 is 0.650 bits per heavy atom. The smallest absolute Gasteiger partial charge is 0.165 e. The van der Waals surface area contributed by atoms with Crippen LogP contribution < -0.4 is 14.2 Å². The number of benzene rings is 4. The van der Waals surface area contributed by atoms with Crippen LogP contribution in [-0.2, 0) is 13.2 Å². The van der Waals surface area contributed by atoms with E-state index in [0.29, 0.717) is 48.0 Å². The molecule has 0 saturated carbocycles. The molecule has 0 atom stereocenters. The Kier molecular flexibility index (Phi) is 11.2. The van der Waals surface area contributed by atoms with Gasteiger partial charge in [0, 0.05) is 5.56 Å². The summed E-state index contributed by atoms with van der Waals surface area (Å²) in [5.41, 5.74) is 3.56. The SMILES string of the molecule is CCCCCCCCOc1ccc(-c2cc(OCc3ccccc3)c(C=O)cc2OCc2ccccc2)cc1F. The van der Waals surface area contributed by atoms with Crippen LogP contribution >= 0.6 is 0 Å². The van der Waals surface area contributed by atoms with E-state index in [2.05, 4.69) is 6.92 Å². The summed E-state index contributed by atoms with van der Waals surface area (Å²) in [6.45, 7) is 3.28. The van der Waals surface area contributed by atoms with Crippen LogP contribution in [0.25, 0.3) is 11.1 Å². The van der Waals surface area contributed by atoms with Gasteiger partial charge in [-0.2, -0.15) is 0 Å². The maximum atomic E-state index is 15.2. The first-order valence-corrected chi connectivity index (χ1v) is 14.1. The number of carbonyl (C=O) groups excluding carboxylic acids is 1. The van der Waals surface area contributed by atoms with Gasteiger partial charge in [-0.25, -0.2) is 4.39 Å². The van der Waals surface area contributed by atoms with E-state index in [9.17, 15) is 4.79 Å². The fourth-order valence-corrected chi connectivity index (χ4v) is 4.46. The van der Waals surface area contributed by atoms with Crippen molar-refractivity contribution in [3.8, 4) is 28.4 Å². The van der Waals surface area contributed by atoms with Gasteiger partial charge in [0.05, 0.1) is 12.2 Å². The third-order valence-electron chi connectivity index (χ3n) is 6.71. The van der Waals surface area contributed by atoms with E-state index in [0.717, 1.165) is 30.3 Å². The third kappa shape index (κ3) is 8.44. The molecule has 4 aromatic rings. The number of rotatable bonds is 16. The van der Waals surface area contributed by atoms with Gasteiger partial charge in [-0.1, -0.05) is 106 Å². The summed E-state index contributed by atoms with van der Waals surface area (Å²) in [6, 6.07) is 27.8. The van der Waals surface area contributed by atoms with Crippen molar-refractivity contribution in [3.05, 3.63) is 114 Å². The van der Waals surface area contributed by atoms with E-state index in [1.807, 2.05) is 66.7 Å². The van der Waals surface area contributed by atoms with Crippen LogP contribution in [0.2, 0.25) is 0 Å². The summed E-state index contributed by atoms with van der Waals surface area (Å²) in [5.74, 6) is 0.667.